The average molecular weight is 433 g/mol. The largest absolute Gasteiger partial charge is 0.396 e. The van der Waals surface area contributed by atoms with E-state index in [4.69, 9.17) is 5.11 Å². The number of hydrogen-bond donors (Lipinski definition) is 3. The van der Waals surface area contributed by atoms with Gasteiger partial charge < -0.3 is 15.7 Å². The molecule has 0 aliphatic carbocycles. The Hall–Kier alpha value is -0.820. The molecule has 0 heterocycles. The Bertz CT molecular complexity index is 446. The molecule has 1 aromatic carbocycles. The fourth-order valence-corrected chi connectivity index (χ4v) is 2.47. The molecule has 0 saturated carbocycles. The molecule has 0 aromatic heterocycles. The molecule has 1 rings (SSSR count). The normalized spacial score (nSPS) is 12.4. The molecule has 0 radical (unpaired) electrons. The van der Waals surface area contributed by atoms with Crippen LogP contribution in [0.4, 0.5) is 0 Å². The van der Waals surface area contributed by atoms with Gasteiger partial charge in [0, 0.05) is 19.7 Å². The van der Waals surface area contributed by atoms with E-state index in [2.05, 4.69) is 60.7 Å². The number of aliphatic hydroxyl groups excluding tert-OH is 1. The SMILES string of the molecule is CCCC(CCO)CNC(=NCc1ccccc1C)NCC.I. The van der Waals surface area contributed by atoms with Crippen molar-refractivity contribution in [1.82, 2.24) is 10.6 Å². The Balaban J connectivity index is 0.00000484. The zero-order valence-corrected chi connectivity index (χ0v) is 17.0. The molecule has 1 aromatic rings. The molecular formula is C18H32IN3O. The van der Waals surface area contributed by atoms with E-state index in [1.54, 1.807) is 0 Å². The first kappa shape index (κ1) is 22.2. The maximum atomic E-state index is 9.14. The van der Waals surface area contributed by atoms with Crippen LogP contribution in [0.25, 0.3) is 0 Å². The van der Waals surface area contributed by atoms with E-state index in [1.807, 2.05) is 0 Å². The van der Waals surface area contributed by atoms with Crippen molar-refractivity contribution in [2.75, 3.05) is 19.7 Å². The highest BCUT2D eigenvalue weighted by Crippen LogP contribution is 2.10. The van der Waals surface area contributed by atoms with Gasteiger partial charge in [-0.1, -0.05) is 37.6 Å². The quantitative estimate of drug-likeness (QED) is 0.318. The number of guanidine groups is 1. The second-order valence-electron chi connectivity index (χ2n) is 5.67. The summed E-state index contributed by atoms with van der Waals surface area (Å²) in [5.74, 6) is 1.35. The van der Waals surface area contributed by atoms with Crippen LogP contribution in [-0.4, -0.2) is 30.8 Å². The number of aryl methyl sites for hydroxylation is 1. The Morgan fingerprint density at radius 2 is 1.91 bits per heavy atom. The van der Waals surface area contributed by atoms with E-state index in [9.17, 15) is 0 Å². The predicted molar refractivity (Wildman–Crippen MR) is 110 cm³/mol. The first-order valence-electron chi connectivity index (χ1n) is 8.38. The number of hydrogen-bond acceptors (Lipinski definition) is 2. The first-order chi connectivity index (χ1) is 10.7. The molecule has 0 aliphatic heterocycles. The molecule has 1 atom stereocenters. The van der Waals surface area contributed by atoms with Crippen LogP contribution in [-0.2, 0) is 6.54 Å². The van der Waals surface area contributed by atoms with Crippen molar-refractivity contribution < 1.29 is 5.11 Å². The third-order valence-electron chi connectivity index (χ3n) is 3.81. The second-order valence-corrected chi connectivity index (χ2v) is 5.67. The number of benzene rings is 1. The number of halogens is 1. The zero-order valence-electron chi connectivity index (χ0n) is 14.6. The van der Waals surface area contributed by atoms with Crippen LogP contribution in [0.5, 0.6) is 0 Å². The highest BCUT2D eigenvalue weighted by atomic mass is 127. The molecule has 1 unspecified atom stereocenters. The van der Waals surface area contributed by atoms with Gasteiger partial charge in [0.15, 0.2) is 5.96 Å². The van der Waals surface area contributed by atoms with Crippen LogP contribution in [0.15, 0.2) is 29.3 Å². The van der Waals surface area contributed by atoms with Crippen LogP contribution in [0, 0.1) is 12.8 Å². The number of aliphatic hydroxyl groups is 1. The van der Waals surface area contributed by atoms with Gasteiger partial charge in [0.1, 0.15) is 0 Å². The highest BCUT2D eigenvalue weighted by Gasteiger charge is 2.08. The lowest BCUT2D eigenvalue weighted by Gasteiger charge is -2.18. The van der Waals surface area contributed by atoms with E-state index in [1.165, 1.54) is 11.1 Å². The number of aliphatic imine (C=N–C) groups is 1. The topological polar surface area (TPSA) is 56.6 Å². The van der Waals surface area contributed by atoms with Crippen LogP contribution in [0.2, 0.25) is 0 Å². The molecule has 4 nitrogen and oxygen atoms in total. The van der Waals surface area contributed by atoms with Gasteiger partial charge in [-0.2, -0.15) is 0 Å². The Labute approximate surface area is 158 Å². The van der Waals surface area contributed by atoms with Gasteiger partial charge in [-0.3, -0.25) is 0 Å². The van der Waals surface area contributed by atoms with E-state index in [0.717, 1.165) is 38.3 Å². The minimum absolute atomic E-state index is 0. The molecule has 0 amide bonds. The molecule has 0 spiro atoms. The Morgan fingerprint density at radius 1 is 1.17 bits per heavy atom. The molecule has 0 fully saturated rings. The fraction of sp³-hybridized carbons (Fsp3) is 0.611. The van der Waals surface area contributed by atoms with Gasteiger partial charge in [0.05, 0.1) is 6.54 Å². The van der Waals surface area contributed by atoms with Crippen molar-refractivity contribution in [1.29, 1.82) is 0 Å². The third-order valence-corrected chi connectivity index (χ3v) is 3.81. The maximum absolute atomic E-state index is 9.14. The Kier molecular flexibility index (Phi) is 13.1. The summed E-state index contributed by atoms with van der Waals surface area (Å²) >= 11 is 0. The minimum atomic E-state index is 0. The van der Waals surface area contributed by atoms with Crippen LogP contribution in [0.3, 0.4) is 0 Å². The molecular weight excluding hydrogens is 401 g/mol. The summed E-state index contributed by atoms with van der Waals surface area (Å²) in [6, 6.07) is 8.34. The Morgan fingerprint density at radius 3 is 2.52 bits per heavy atom. The average Bonchev–Trinajstić information content (AvgIpc) is 2.51. The van der Waals surface area contributed by atoms with Gasteiger partial charge in [0.2, 0.25) is 0 Å². The molecule has 132 valence electrons. The van der Waals surface area contributed by atoms with Gasteiger partial charge in [-0.15, -0.1) is 24.0 Å². The third kappa shape index (κ3) is 9.15. The molecule has 23 heavy (non-hydrogen) atoms. The summed E-state index contributed by atoms with van der Waals surface area (Å²) in [4.78, 5) is 4.67. The summed E-state index contributed by atoms with van der Waals surface area (Å²) in [6.07, 6.45) is 3.12. The lowest BCUT2D eigenvalue weighted by molar-refractivity contribution is 0.251. The van der Waals surface area contributed by atoms with Crippen LogP contribution in [0.1, 0.15) is 44.2 Å². The van der Waals surface area contributed by atoms with E-state index in [-0.39, 0.29) is 30.6 Å². The van der Waals surface area contributed by atoms with Crippen molar-refractivity contribution in [3.05, 3.63) is 35.4 Å². The summed E-state index contributed by atoms with van der Waals surface area (Å²) in [6.45, 7) is 9.00. The zero-order chi connectivity index (χ0) is 16.2. The predicted octanol–water partition coefficient (Wildman–Crippen LogP) is 3.47. The lowest BCUT2D eigenvalue weighted by atomic mass is 10.0. The number of nitrogens with zero attached hydrogens (tertiary/aromatic N) is 1. The van der Waals surface area contributed by atoms with Gasteiger partial charge in [-0.25, -0.2) is 4.99 Å². The van der Waals surface area contributed by atoms with Crippen molar-refractivity contribution in [3.8, 4) is 0 Å². The molecule has 0 aliphatic rings. The summed E-state index contributed by atoms with van der Waals surface area (Å²) in [5, 5.41) is 15.8. The second kappa shape index (κ2) is 13.6. The summed E-state index contributed by atoms with van der Waals surface area (Å²) < 4.78 is 0. The molecule has 0 saturated heterocycles. The van der Waals surface area contributed by atoms with E-state index >= 15 is 0 Å². The van der Waals surface area contributed by atoms with Gasteiger partial charge in [0.25, 0.3) is 0 Å². The van der Waals surface area contributed by atoms with Gasteiger partial charge >= 0.3 is 0 Å². The maximum Gasteiger partial charge on any atom is 0.191 e. The smallest absolute Gasteiger partial charge is 0.191 e. The van der Waals surface area contributed by atoms with E-state index < -0.39 is 0 Å². The molecule has 5 heteroatoms. The first-order valence-corrected chi connectivity index (χ1v) is 8.38. The van der Waals surface area contributed by atoms with Crippen molar-refractivity contribution in [3.63, 3.8) is 0 Å². The number of rotatable bonds is 9. The summed E-state index contributed by atoms with van der Waals surface area (Å²) in [7, 11) is 0. The molecule has 3 N–H and O–H groups in total. The van der Waals surface area contributed by atoms with Crippen molar-refractivity contribution >= 4 is 29.9 Å². The number of nitrogens with one attached hydrogen (secondary N) is 2. The van der Waals surface area contributed by atoms with Crippen LogP contribution < -0.4 is 10.6 Å². The van der Waals surface area contributed by atoms with Crippen molar-refractivity contribution in [2.45, 2.75) is 46.6 Å². The standard InChI is InChI=1S/C18H31N3O.HI/c1-4-8-16(11-12-22)13-20-18(19-5-2)21-14-17-10-7-6-9-15(17)3;/h6-7,9-10,16,22H,4-5,8,11-14H2,1-3H3,(H2,19,20,21);1H. The monoisotopic (exact) mass is 433 g/mol. The van der Waals surface area contributed by atoms with Crippen LogP contribution >= 0.6 is 24.0 Å². The minimum Gasteiger partial charge on any atom is -0.396 e. The highest BCUT2D eigenvalue weighted by molar-refractivity contribution is 14.0. The fourth-order valence-electron chi connectivity index (χ4n) is 2.47. The van der Waals surface area contributed by atoms with Gasteiger partial charge in [-0.05, 0) is 43.7 Å². The van der Waals surface area contributed by atoms with E-state index in [0.29, 0.717) is 12.5 Å². The molecule has 0 bridgehead atoms. The van der Waals surface area contributed by atoms with Crippen molar-refractivity contribution in [2.24, 2.45) is 10.9 Å². The summed E-state index contributed by atoms with van der Waals surface area (Å²) in [5.41, 5.74) is 2.52. The lowest BCUT2D eigenvalue weighted by Crippen LogP contribution is -2.40.